The van der Waals surface area contributed by atoms with Crippen LogP contribution in [0.15, 0.2) is 48.7 Å². The summed E-state index contributed by atoms with van der Waals surface area (Å²) in [4.78, 5) is 12.1. The lowest BCUT2D eigenvalue weighted by Gasteiger charge is -2.09. The van der Waals surface area contributed by atoms with Crippen molar-refractivity contribution in [3.63, 3.8) is 0 Å². The standard InChI is InChI=1S/C20H23N5O.2ClH/c26-20(9-6-16-10-11-21-14-16)22-17-7-4-15(5-8-17)13-19-24-23-18-3-1-2-12-25(18)19;;/h1-5,7-8,12,16,21H,6,9-11,13-14H2,(H,22,26);2*1H. The van der Waals surface area contributed by atoms with E-state index in [2.05, 4.69) is 20.8 Å². The summed E-state index contributed by atoms with van der Waals surface area (Å²) in [5.74, 6) is 1.64. The number of hydrogen-bond donors (Lipinski definition) is 2. The van der Waals surface area contributed by atoms with E-state index >= 15 is 0 Å². The molecule has 0 radical (unpaired) electrons. The van der Waals surface area contributed by atoms with Crippen molar-refractivity contribution in [2.45, 2.75) is 25.7 Å². The van der Waals surface area contributed by atoms with Gasteiger partial charge in [-0.25, -0.2) is 0 Å². The third-order valence-electron chi connectivity index (χ3n) is 4.93. The maximum atomic E-state index is 12.1. The Balaban J connectivity index is 0.00000140. The van der Waals surface area contributed by atoms with E-state index in [9.17, 15) is 4.79 Å². The van der Waals surface area contributed by atoms with E-state index in [1.807, 2.05) is 53.1 Å². The molecule has 1 amide bonds. The number of aromatic nitrogens is 3. The number of fused-ring (bicyclic) bond motifs is 1. The zero-order valence-electron chi connectivity index (χ0n) is 15.5. The number of anilines is 1. The molecule has 0 aliphatic carbocycles. The Morgan fingerprint density at radius 3 is 2.71 bits per heavy atom. The van der Waals surface area contributed by atoms with Gasteiger partial charge < -0.3 is 10.6 Å². The second-order valence-corrected chi connectivity index (χ2v) is 6.86. The minimum Gasteiger partial charge on any atom is -0.326 e. The fourth-order valence-corrected chi connectivity index (χ4v) is 3.42. The summed E-state index contributed by atoms with van der Waals surface area (Å²) < 4.78 is 1.99. The highest BCUT2D eigenvalue weighted by Gasteiger charge is 2.15. The van der Waals surface area contributed by atoms with E-state index in [1.165, 1.54) is 6.42 Å². The SMILES string of the molecule is Cl.Cl.O=C(CCC1CCNC1)Nc1ccc(Cc2nnc3ccccn23)cc1. The van der Waals surface area contributed by atoms with Gasteiger partial charge in [0.25, 0.3) is 0 Å². The molecule has 150 valence electrons. The van der Waals surface area contributed by atoms with Gasteiger partial charge in [-0.1, -0.05) is 18.2 Å². The van der Waals surface area contributed by atoms with Gasteiger partial charge in [0.05, 0.1) is 0 Å². The number of pyridine rings is 1. The van der Waals surface area contributed by atoms with Crippen molar-refractivity contribution in [2.75, 3.05) is 18.4 Å². The van der Waals surface area contributed by atoms with Crippen LogP contribution in [0.5, 0.6) is 0 Å². The van der Waals surface area contributed by atoms with Gasteiger partial charge in [0, 0.05) is 24.7 Å². The molecular formula is C20H25Cl2N5O. The molecule has 1 saturated heterocycles. The van der Waals surface area contributed by atoms with Crippen LogP contribution in [0.2, 0.25) is 0 Å². The van der Waals surface area contributed by atoms with Gasteiger partial charge in [0.2, 0.25) is 5.91 Å². The molecule has 28 heavy (non-hydrogen) atoms. The Morgan fingerprint density at radius 1 is 1.14 bits per heavy atom. The summed E-state index contributed by atoms with van der Waals surface area (Å²) in [6.45, 7) is 2.12. The summed E-state index contributed by atoms with van der Waals surface area (Å²) in [5.41, 5.74) is 2.83. The molecule has 3 aromatic rings. The number of halogens is 2. The quantitative estimate of drug-likeness (QED) is 0.638. The van der Waals surface area contributed by atoms with Crippen LogP contribution in [-0.2, 0) is 11.2 Å². The molecule has 4 rings (SSSR count). The van der Waals surface area contributed by atoms with Gasteiger partial charge in [-0.3, -0.25) is 9.20 Å². The van der Waals surface area contributed by atoms with Crippen LogP contribution >= 0.6 is 24.8 Å². The number of benzene rings is 1. The monoisotopic (exact) mass is 421 g/mol. The molecule has 8 heteroatoms. The topological polar surface area (TPSA) is 71.3 Å². The summed E-state index contributed by atoms with van der Waals surface area (Å²) in [6.07, 6.45) is 5.39. The average Bonchev–Trinajstić information content (AvgIpc) is 3.32. The molecule has 0 saturated carbocycles. The number of amides is 1. The van der Waals surface area contributed by atoms with E-state index in [0.717, 1.165) is 42.2 Å². The molecule has 1 aromatic carbocycles. The second kappa shape index (κ2) is 10.4. The van der Waals surface area contributed by atoms with Gasteiger partial charge in [0.15, 0.2) is 5.65 Å². The average molecular weight is 422 g/mol. The lowest BCUT2D eigenvalue weighted by Crippen LogP contribution is -2.15. The fourth-order valence-electron chi connectivity index (χ4n) is 3.42. The number of nitrogens with one attached hydrogen (secondary N) is 2. The lowest BCUT2D eigenvalue weighted by atomic mass is 10.0. The minimum atomic E-state index is 0. The van der Waals surface area contributed by atoms with E-state index in [0.29, 0.717) is 18.8 Å². The summed E-state index contributed by atoms with van der Waals surface area (Å²) in [7, 11) is 0. The largest absolute Gasteiger partial charge is 0.326 e. The highest BCUT2D eigenvalue weighted by Crippen LogP contribution is 2.17. The van der Waals surface area contributed by atoms with E-state index in [1.54, 1.807) is 0 Å². The first-order chi connectivity index (χ1) is 12.8. The number of hydrogen-bond acceptors (Lipinski definition) is 4. The Morgan fingerprint density at radius 2 is 1.96 bits per heavy atom. The molecule has 1 unspecified atom stereocenters. The van der Waals surface area contributed by atoms with Gasteiger partial charge in [-0.05, 0) is 61.7 Å². The van der Waals surface area contributed by atoms with Crippen LogP contribution in [0, 0.1) is 5.92 Å². The van der Waals surface area contributed by atoms with Crippen molar-refractivity contribution in [3.05, 3.63) is 60.0 Å². The number of rotatable bonds is 6. The van der Waals surface area contributed by atoms with Crippen LogP contribution in [0.3, 0.4) is 0 Å². The van der Waals surface area contributed by atoms with Crippen molar-refractivity contribution >= 4 is 42.1 Å². The first kappa shape index (κ1) is 22.1. The van der Waals surface area contributed by atoms with Gasteiger partial charge in [-0.15, -0.1) is 35.0 Å². The number of carbonyl (C=O) groups excluding carboxylic acids is 1. The van der Waals surface area contributed by atoms with E-state index in [-0.39, 0.29) is 30.7 Å². The van der Waals surface area contributed by atoms with Gasteiger partial charge >= 0.3 is 0 Å². The predicted octanol–water partition coefficient (Wildman–Crippen LogP) is 3.49. The van der Waals surface area contributed by atoms with Crippen LogP contribution in [0.4, 0.5) is 5.69 Å². The zero-order chi connectivity index (χ0) is 17.8. The van der Waals surface area contributed by atoms with Crippen molar-refractivity contribution in [3.8, 4) is 0 Å². The Bertz CT molecular complexity index is 891. The molecule has 6 nitrogen and oxygen atoms in total. The van der Waals surface area contributed by atoms with Crippen molar-refractivity contribution < 1.29 is 4.79 Å². The third-order valence-corrected chi connectivity index (χ3v) is 4.93. The van der Waals surface area contributed by atoms with Crippen LogP contribution in [0.25, 0.3) is 5.65 Å². The molecule has 2 N–H and O–H groups in total. The second-order valence-electron chi connectivity index (χ2n) is 6.86. The molecule has 3 heterocycles. The van der Waals surface area contributed by atoms with E-state index in [4.69, 9.17) is 0 Å². The van der Waals surface area contributed by atoms with Crippen molar-refractivity contribution in [2.24, 2.45) is 5.92 Å². The first-order valence-corrected chi connectivity index (χ1v) is 9.16. The predicted molar refractivity (Wildman–Crippen MR) is 116 cm³/mol. The maximum Gasteiger partial charge on any atom is 0.224 e. The minimum absolute atomic E-state index is 0. The van der Waals surface area contributed by atoms with Crippen LogP contribution in [-0.4, -0.2) is 33.6 Å². The highest BCUT2D eigenvalue weighted by molar-refractivity contribution is 5.90. The Labute approximate surface area is 176 Å². The lowest BCUT2D eigenvalue weighted by molar-refractivity contribution is -0.116. The number of nitrogens with zero attached hydrogens (tertiary/aromatic N) is 3. The Hall–Kier alpha value is -2.15. The fraction of sp³-hybridized carbons (Fsp3) is 0.350. The summed E-state index contributed by atoms with van der Waals surface area (Å²) in [5, 5.41) is 14.8. The van der Waals surface area contributed by atoms with Gasteiger partial charge in [0.1, 0.15) is 5.82 Å². The van der Waals surface area contributed by atoms with Gasteiger partial charge in [-0.2, -0.15) is 0 Å². The van der Waals surface area contributed by atoms with Crippen LogP contribution in [0.1, 0.15) is 30.7 Å². The highest BCUT2D eigenvalue weighted by atomic mass is 35.5. The molecule has 0 spiro atoms. The van der Waals surface area contributed by atoms with Crippen molar-refractivity contribution in [1.82, 2.24) is 19.9 Å². The van der Waals surface area contributed by atoms with Crippen LogP contribution < -0.4 is 10.6 Å². The number of carbonyl (C=O) groups is 1. The zero-order valence-corrected chi connectivity index (χ0v) is 17.1. The molecular weight excluding hydrogens is 397 g/mol. The summed E-state index contributed by atoms with van der Waals surface area (Å²) >= 11 is 0. The Kier molecular flexibility index (Phi) is 8.23. The first-order valence-electron chi connectivity index (χ1n) is 9.16. The molecule has 0 bridgehead atoms. The third kappa shape index (κ3) is 5.44. The van der Waals surface area contributed by atoms with E-state index < -0.39 is 0 Å². The summed E-state index contributed by atoms with van der Waals surface area (Å²) in [6, 6.07) is 13.8. The maximum absolute atomic E-state index is 12.1. The van der Waals surface area contributed by atoms with Crippen molar-refractivity contribution in [1.29, 1.82) is 0 Å². The molecule has 1 aliphatic rings. The smallest absolute Gasteiger partial charge is 0.224 e. The molecule has 1 atom stereocenters. The normalized spacial score (nSPS) is 15.6. The molecule has 1 aliphatic heterocycles. The molecule has 1 fully saturated rings. The molecule has 2 aromatic heterocycles.